The fourth-order valence-corrected chi connectivity index (χ4v) is 3.71. The van der Waals surface area contributed by atoms with Crippen LogP contribution in [0.3, 0.4) is 0 Å². The van der Waals surface area contributed by atoms with E-state index >= 15 is 0 Å². The molecule has 2 heterocycles. The van der Waals surface area contributed by atoms with Crippen LogP contribution in [0.15, 0.2) is 67.0 Å². The first-order valence-electron chi connectivity index (χ1n) is 8.07. The number of nitrogens with one attached hydrogen (secondary N) is 1. The second kappa shape index (κ2) is 6.53. The second-order valence-corrected chi connectivity index (χ2v) is 7.00. The molecule has 5 heteroatoms. The molecule has 4 nitrogen and oxygen atoms in total. The molecular weight excluding hydrogens is 330 g/mol. The Kier molecular flexibility index (Phi) is 4.07. The number of carbonyl (C=O) groups is 1. The first kappa shape index (κ1) is 15.6. The van der Waals surface area contributed by atoms with Crippen molar-refractivity contribution in [1.29, 1.82) is 0 Å². The van der Waals surface area contributed by atoms with Gasteiger partial charge in [-0.15, -0.1) is 0 Å². The number of anilines is 1. The zero-order valence-corrected chi connectivity index (χ0v) is 14.6. The smallest absolute Gasteiger partial charge is 0.230 e. The topological polar surface area (TPSA) is 46.9 Å². The normalized spacial score (nSPS) is 10.9. The molecule has 0 atom stereocenters. The van der Waals surface area contributed by atoms with Crippen molar-refractivity contribution >= 4 is 32.6 Å². The summed E-state index contributed by atoms with van der Waals surface area (Å²) >= 11 is 1.50. The number of carbonyl (C=O) groups excluding carboxylic acids is 1. The molecule has 0 aliphatic carbocycles. The number of rotatable bonds is 4. The Balaban J connectivity index is 1.44. The van der Waals surface area contributed by atoms with Crippen LogP contribution in [0.2, 0.25) is 0 Å². The number of fused-ring (bicyclic) bond motifs is 1. The van der Waals surface area contributed by atoms with Gasteiger partial charge in [-0.3, -0.25) is 4.79 Å². The maximum absolute atomic E-state index is 12.3. The molecule has 0 fully saturated rings. The number of hydrogen-bond acceptors (Lipinski definition) is 3. The summed E-state index contributed by atoms with van der Waals surface area (Å²) in [7, 11) is 0. The summed E-state index contributed by atoms with van der Waals surface area (Å²) in [6, 6.07) is 18.1. The molecule has 0 saturated heterocycles. The first-order chi connectivity index (χ1) is 12.2. The van der Waals surface area contributed by atoms with E-state index in [4.69, 9.17) is 0 Å². The molecule has 0 bridgehead atoms. The Morgan fingerprint density at radius 1 is 1.12 bits per heavy atom. The Morgan fingerprint density at radius 2 is 1.88 bits per heavy atom. The predicted octanol–water partition coefficient (Wildman–Crippen LogP) is 4.58. The minimum atomic E-state index is -0.0514. The van der Waals surface area contributed by atoms with Gasteiger partial charge in [0.1, 0.15) is 0 Å². The largest absolute Gasteiger partial charge is 0.324 e. The molecule has 0 unspecified atom stereocenters. The number of benzene rings is 2. The third-order valence-electron chi connectivity index (χ3n) is 3.99. The standard InChI is InChI=1S/C20H17N3OS/c1-14-4-9-17-18(12-14)25-20(21-17)22-19(24)13-15-5-7-16(8-6-15)23-10-2-3-11-23/h2-12H,13H2,1H3,(H,21,22,24). The summed E-state index contributed by atoms with van der Waals surface area (Å²) in [6.07, 6.45) is 4.33. The molecule has 25 heavy (non-hydrogen) atoms. The number of aryl methyl sites for hydroxylation is 1. The quantitative estimate of drug-likeness (QED) is 0.587. The highest BCUT2D eigenvalue weighted by atomic mass is 32.1. The van der Waals surface area contributed by atoms with Gasteiger partial charge in [-0.05, 0) is 54.4 Å². The minimum Gasteiger partial charge on any atom is -0.324 e. The third-order valence-corrected chi connectivity index (χ3v) is 4.93. The average Bonchev–Trinajstić information content (AvgIpc) is 3.24. The molecule has 0 aliphatic heterocycles. The van der Waals surface area contributed by atoms with Gasteiger partial charge in [0.15, 0.2) is 5.13 Å². The molecular formula is C20H17N3OS. The molecule has 2 aromatic carbocycles. The van der Waals surface area contributed by atoms with E-state index in [0.29, 0.717) is 11.6 Å². The van der Waals surface area contributed by atoms with Gasteiger partial charge in [0, 0.05) is 18.1 Å². The summed E-state index contributed by atoms with van der Waals surface area (Å²) in [5, 5.41) is 3.55. The van der Waals surface area contributed by atoms with Crippen molar-refractivity contribution in [2.75, 3.05) is 5.32 Å². The summed E-state index contributed by atoms with van der Waals surface area (Å²) in [4.78, 5) is 16.8. The zero-order valence-electron chi connectivity index (χ0n) is 13.8. The highest BCUT2D eigenvalue weighted by Crippen LogP contribution is 2.26. The number of nitrogens with zero attached hydrogens (tertiary/aromatic N) is 2. The summed E-state index contributed by atoms with van der Waals surface area (Å²) in [5.41, 5.74) is 4.17. The fraction of sp³-hybridized carbons (Fsp3) is 0.100. The maximum Gasteiger partial charge on any atom is 0.230 e. The van der Waals surface area contributed by atoms with Gasteiger partial charge >= 0.3 is 0 Å². The van der Waals surface area contributed by atoms with Crippen molar-refractivity contribution in [3.05, 3.63) is 78.1 Å². The molecule has 1 amide bonds. The number of hydrogen-bond donors (Lipinski definition) is 1. The third kappa shape index (κ3) is 3.46. The van der Waals surface area contributed by atoms with Crippen molar-refractivity contribution in [2.24, 2.45) is 0 Å². The fourth-order valence-electron chi connectivity index (χ4n) is 2.73. The van der Waals surface area contributed by atoms with E-state index in [1.807, 2.05) is 65.5 Å². The first-order valence-corrected chi connectivity index (χ1v) is 8.88. The van der Waals surface area contributed by atoms with E-state index in [-0.39, 0.29) is 5.91 Å². The van der Waals surface area contributed by atoms with Crippen LogP contribution >= 0.6 is 11.3 Å². The summed E-state index contributed by atoms with van der Waals surface area (Å²) < 4.78 is 3.12. The molecule has 0 aliphatic rings. The average molecular weight is 347 g/mol. The van der Waals surface area contributed by atoms with Crippen molar-refractivity contribution in [3.63, 3.8) is 0 Å². The van der Waals surface area contributed by atoms with Gasteiger partial charge in [0.2, 0.25) is 5.91 Å². The van der Waals surface area contributed by atoms with E-state index in [1.165, 1.54) is 16.9 Å². The molecule has 2 aromatic heterocycles. The molecule has 0 spiro atoms. The molecule has 0 radical (unpaired) electrons. The Morgan fingerprint density at radius 3 is 2.64 bits per heavy atom. The van der Waals surface area contributed by atoms with Gasteiger partial charge in [0.05, 0.1) is 16.6 Å². The van der Waals surface area contributed by atoms with Gasteiger partial charge in [-0.1, -0.05) is 29.5 Å². The van der Waals surface area contributed by atoms with Gasteiger partial charge < -0.3 is 9.88 Å². The molecule has 0 saturated carbocycles. The highest BCUT2D eigenvalue weighted by Gasteiger charge is 2.09. The molecule has 4 rings (SSSR count). The Labute approximate surface area is 149 Å². The van der Waals surface area contributed by atoms with E-state index in [2.05, 4.69) is 23.3 Å². The van der Waals surface area contributed by atoms with E-state index < -0.39 is 0 Å². The number of thiazole rings is 1. The summed E-state index contributed by atoms with van der Waals surface area (Å²) in [6.45, 7) is 2.05. The Hall–Kier alpha value is -2.92. The van der Waals surface area contributed by atoms with Gasteiger partial charge in [-0.2, -0.15) is 0 Å². The molecule has 4 aromatic rings. The predicted molar refractivity (Wildman–Crippen MR) is 102 cm³/mol. The van der Waals surface area contributed by atoms with Crippen LogP contribution in [0.1, 0.15) is 11.1 Å². The maximum atomic E-state index is 12.3. The SMILES string of the molecule is Cc1ccc2nc(NC(=O)Cc3ccc(-n4cccc4)cc3)sc2c1. The lowest BCUT2D eigenvalue weighted by molar-refractivity contribution is -0.115. The number of aromatic nitrogens is 2. The Bertz CT molecular complexity index is 1020. The van der Waals surface area contributed by atoms with Crippen LogP contribution in [0.25, 0.3) is 15.9 Å². The van der Waals surface area contributed by atoms with E-state index in [0.717, 1.165) is 21.5 Å². The lowest BCUT2D eigenvalue weighted by Gasteiger charge is -2.05. The van der Waals surface area contributed by atoms with Crippen LogP contribution < -0.4 is 5.32 Å². The van der Waals surface area contributed by atoms with Crippen LogP contribution in [0, 0.1) is 6.92 Å². The van der Waals surface area contributed by atoms with Crippen molar-refractivity contribution in [1.82, 2.24) is 9.55 Å². The van der Waals surface area contributed by atoms with Crippen molar-refractivity contribution in [2.45, 2.75) is 13.3 Å². The van der Waals surface area contributed by atoms with Gasteiger partial charge in [-0.25, -0.2) is 4.98 Å². The van der Waals surface area contributed by atoms with Crippen molar-refractivity contribution in [3.8, 4) is 5.69 Å². The monoisotopic (exact) mass is 347 g/mol. The van der Waals surface area contributed by atoms with E-state index in [1.54, 1.807) is 0 Å². The highest BCUT2D eigenvalue weighted by molar-refractivity contribution is 7.22. The van der Waals surface area contributed by atoms with E-state index in [9.17, 15) is 4.79 Å². The summed E-state index contributed by atoms with van der Waals surface area (Å²) in [5.74, 6) is -0.0514. The van der Waals surface area contributed by atoms with Crippen LogP contribution in [0.4, 0.5) is 5.13 Å². The lowest BCUT2D eigenvalue weighted by Crippen LogP contribution is -2.14. The second-order valence-electron chi connectivity index (χ2n) is 5.97. The van der Waals surface area contributed by atoms with Crippen LogP contribution in [-0.2, 0) is 11.2 Å². The zero-order chi connectivity index (χ0) is 17.2. The van der Waals surface area contributed by atoms with Crippen LogP contribution in [-0.4, -0.2) is 15.5 Å². The minimum absolute atomic E-state index is 0.0514. The molecule has 1 N–H and O–H groups in total. The van der Waals surface area contributed by atoms with Gasteiger partial charge in [0.25, 0.3) is 0 Å². The molecule has 124 valence electrons. The van der Waals surface area contributed by atoms with Crippen molar-refractivity contribution < 1.29 is 4.79 Å². The number of amides is 1. The van der Waals surface area contributed by atoms with Crippen LogP contribution in [0.5, 0.6) is 0 Å². The lowest BCUT2D eigenvalue weighted by atomic mass is 10.1.